The standard InChI is InChI=1S/C21H20N2O2S/c1-24-16-12-13-19(20(14-16)25-2)23-21(26)22-18-11-7-6-10-17(18)15-8-4-3-5-9-15/h3-14H,1-2H3,(H2,22,23,26). The van der Waals surface area contributed by atoms with Crippen LogP contribution in [0, 0.1) is 0 Å². The summed E-state index contributed by atoms with van der Waals surface area (Å²) >= 11 is 5.49. The molecule has 4 nitrogen and oxygen atoms in total. The summed E-state index contributed by atoms with van der Waals surface area (Å²) in [6, 6.07) is 23.8. The molecule has 0 atom stereocenters. The second-order valence-corrected chi connectivity index (χ2v) is 5.97. The largest absolute Gasteiger partial charge is 0.497 e. The smallest absolute Gasteiger partial charge is 0.175 e. The van der Waals surface area contributed by atoms with Crippen LogP contribution in [0.2, 0.25) is 0 Å². The summed E-state index contributed by atoms with van der Waals surface area (Å²) in [4.78, 5) is 0. The SMILES string of the molecule is COc1ccc(NC(=S)Nc2ccccc2-c2ccccc2)c(OC)c1. The van der Waals surface area contributed by atoms with Crippen molar-refractivity contribution in [1.82, 2.24) is 0 Å². The van der Waals surface area contributed by atoms with Crippen molar-refractivity contribution in [1.29, 1.82) is 0 Å². The Kier molecular flexibility index (Phi) is 5.71. The van der Waals surface area contributed by atoms with Crippen LogP contribution in [-0.2, 0) is 0 Å². The monoisotopic (exact) mass is 364 g/mol. The van der Waals surface area contributed by atoms with Crippen molar-refractivity contribution in [3.8, 4) is 22.6 Å². The highest BCUT2D eigenvalue weighted by Crippen LogP contribution is 2.30. The molecule has 0 unspecified atom stereocenters. The van der Waals surface area contributed by atoms with Crippen molar-refractivity contribution < 1.29 is 9.47 Å². The van der Waals surface area contributed by atoms with Crippen molar-refractivity contribution >= 4 is 28.7 Å². The number of thiocarbonyl (C=S) groups is 1. The van der Waals surface area contributed by atoms with E-state index in [2.05, 4.69) is 28.8 Å². The van der Waals surface area contributed by atoms with Crippen LogP contribution in [0.25, 0.3) is 11.1 Å². The molecule has 0 bridgehead atoms. The quantitative estimate of drug-likeness (QED) is 0.611. The molecule has 0 saturated heterocycles. The summed E-state index contributed by atoms with van der Waals surface area (Å²) in [5.41, 5.74) is 3.91. The van der Waals surface area contributed by atoms with E-state index in [1.54, 1.807) is 14.2 Å². The Morgan fingerprint density at radius 3 is 2.19 bits per heavy atom. The molecule has 0 radical (unpaired) electrons. The van der Waals surface area contributed by atoms with Crippen molar-refractivity contribution in [2.75, 3.05) is 24.9 Å². The van der Waals surface area contributed by atoms with Gasteiger partial charge in [-0.1, -0.05) is 48.5 Å². The molecule has 3 aromatic carbocycles. The Labute approximate surface area is 158 Å². The van der Waals surface area contributed by atoms with E-state index < -0.39 is 0 Å². The fourth-order valence-corrected chi connectivity index (χ4v) is 2.86. The molecule has 0 saturated carbocycles. The molecule has 0 aromatic heterocycles. The molecule has 0 heterocycles. The number of anilines is 2. The third-order valence-electron chi connectivity index (χ3n) is 3.92. The van der Waals surface area contributed by atoms with Crippen LogP contribution in [0.3, 0.4) is 0 Å². The molecule has 0 amide bonds. The van der Waals surface area contributed by atoms with Gasteiger partial charge in [-0.3, -0.25) is 0 Å². The highest BCUT2D eigenvalue weighted by molar-refractivity contribution is 7.80. The van der Waals surface area contributed by atoms with Gasteiger partial charge in [0.15, 0.2) is 5.11 Å². The van der Waals surface area contributed by atoms with E-state index in [4.69, 9.17) is 21.7 Å². The first-order chi connectivity index (χ1) is 12.7. The zero-order valence-corrected chi connectivity index (χ0v) is 15.5. The number of para-hydroxylation sites is 1. The fourth-order valence-electron chi connectivity index (χ4n) is 2.64. The van der Waals surface area contributed by atoms with E-state index in [0.29, 0.717) is 10.9 Å². The van der Waals surface area contributed by atoms with Gasteiger partial charge in [0, 0.05) is 17.3 Å². The van der Waals surface area contributed by atoms with Gasteiger partial charge in [-0.2, -0.15) is 0 Å². The second-order valence-electron chi connectivity index (χ2n) is 5.56. The minimum Gasteiger partial charge on any atom is -0.497 e. The first kappa shape index (κ1) is 17.8. The van der Waals surface area contributed by atoms with Crippen LogP contribution >= 0.6 is 12.2 Å². The molecular formula is C21H20N2O2S. The maximum atomic E-state index is 5.49. The normalized spacial score (nSPS) is 10.1. The highest BCUT2D eigenvalue weighted by Gasteiger charge is 2.09. The van der Waals surface area contributed by atoms with Crippen molar-refractivity contribution in [2.24, 2.45) is 0 Å². The number of ether oxygens (including phenoxy) is 2. The summed E-state index contributed by atoms with van der Waals surface area (Å²) in [5.74, 6) is 1.38. The summed E-state index contributed by atoms with van der Waals surface area (Å²) in [6.45, 7) is 0. The molecule has 0 aliphatic rings. The summed E-state index contributed by atoms with van der Waals surface area (Å²) in [7, 11) is 3.23. The fraction of sp³-hybridized carbons (Fsp3) is 0.0952. The van der Waals surface area contributed by atoms with E-state index in [1.807, 2.05) is 54.6 Å². The second kappa shape index (κ2) is 8.36. The predicted molar refractivity (Wildman–Crippen MR) is 111 cm³/mol. The summed E-state index contributed by atoms with van der Waals surface area (Å²) < 4.78 is 10.6. The van der Waals surface area contributed by atoms with Gasteiger partial charge in [0.2, 0.25) is 0 Å². The first-order valence-corrected chi connectivity index (χ1v) is 8.56. The average Bonchev–Trinajstić information content (AvgIpc) is 2.69. The lowest BCUT2D eigenvalue weighted by Crippen LogP contribution is -2.20. The predicted octanol–water partition coefficient (Wildman–Crippen LogP) is 5.18. The van der Waals surface area contributed by atoms with Gasteiger partial charge in [-0.15, -0.1) is 0 Å². The number of methoxy groups -OCH3 is 2. The number of benzene rings is 3. The van der Waals surface area contributed by atoms with Crippen LogP contribution < -0.4 is 20.1 Å². The Morgan fingerprint density at radius 2 is 1.46 bits per heavy atom. The molecule has 0 aliphatic heterocycles. The maximum absolute atomic E-state index is 5.49. The third kappa shape index (κ3) is 4.13. The highest BCUT2D eigenvalue weighted by atomic mass is 32.1. The number of nitrogens with one attached hydrogen (secondary N) is 2. The summed E-state index contributed by atoms with van der Waals surface area (Å²) in [5, 5.41) is 6.93. The van der Waals surface area contributed by atoms with E-state index in [9.17, 15) is 0 Å². The average molecular weight is 364 g/mol. The molecule has 0 fully saturated rings. The molecule has 26 heavy (non-hydrogen) atoms. The van der Waals surface area contributed by atoms with Crippen LogP contribution in [0.1, 0.15) is 0 Å². The van der Waals surface area contributed by atoms with Gasteiger partial charge in [-0.25, -0.2) is 0 Å². The van der Waals surface area contributed by atoms with E-state index in [-0.39, 0.29) is 0 Å². The molecule has 0 aliphatic carbocycles. The van der Waals surface area contributed by atoms with Crippen molar-refractivity contribution in [3.05, 3.63) is 72.8 Å². The van der Waals surface area contributed by atoms with Crippen LogP contribution in [0.5, 0.6) is 11.5 Å². The minimum atomic E-state index is 0.483. The van der Waals surface area contributed by atoms with Gasteiger partial charge < -0.3 is 20.1 Å². The topological polar surface area (TPSA) is 42.5 Å². The summed E-state index contributed by atoms with van der Waals surface area (Å²) in [6.07, 6.45) is 0. The van der Waals surface area contributed by atoms with E-state index >= 15 is 0 Å². The van der Waals surface area contributed by atoms with Gasteiger partial charge in [0.25, 0.3) is 0 Å². The first-order valence-electron chi connectivity index (χ1n) is 8.15. The zero-order valence-electron chi connectivity index (χ0n) is 14.7. The van der Waals surface area contributed by atoms with Crippen LogP contribution in [0.4, 0.5) is 11.4 Å². The molecule has 3 rings (SSSR count). The molecule has 0 spiro atoms. The Bertz CT molecular complexity index is 898. The Morgan fingerprint density at radius 1 is 0.769 bits per heavy atom. The zero-order chi connectivity index (χ0) is 18.4. The molecule has 2 N–H and O–H groups in total. The van der Waals surface area contributed by atoms with Crippen molar-refractivity contribution in [2.45, 2.75) is 0 Å². The number of hydrogen-bond acceptors (Lipinski definition) is 3. The van der Waals surface area contributed by atoms with Gasteiger partial charge >= 0.3 is 0 Å². The molecule has 3 aromatic rings. The maximum Gasteiger partial charge on any atom is 0.175 e. The lowest BCUT2D eigenvalue weighted by molar-refractivity contribution is 0.395. The van der Waals surface area contributed by atoms with Crippen molar-refractivity contribution in [3.63, 3.8) is 0 Å². The lowest BCUT2D eigenvalue weighted by Gasteiger charge is -2.16. The lowest BCUT2D eigenvalue weighted by atomic mass is 10.0. The van der Waals surface area contributed by atoms with Gasteiger partial charge in [0.05, 0.1) is 19.9 Å². The molecular weight excluding hydrogens is 344 g/mol. The van der Waals surface area contributed by atoms with Crippen LogP contribution in [-0.4, -0.2) is 19.3 Å². The van der Waals surface area contributed by atoms with Crippen LogP contribution in [0.15, 0.2) is 72.8 Å². The Hall–Kier alpha value is -3.05. The van der Waals surface area contributed by atoms with E-state index in [1.165, 1.54) is 0 Å². The minimum absolute atomic E-state index is 0.483. The number of rotatable bonds is 5. The third-order valence-corrected chi connectivity index (χ3v) is 4.12. The van der Waals surface area contributed by atoms with Gasteiger partial charge in [-0.05, 0) is 36.0 Å². The molecule has 132 valence electrons. The van der Waals surface area contributed by atoms with Gasteiger partial charge in [0.1, 0.15) is 11.5 Å². The number of hydrogen-bond donors (Lipinski definition) is 2. The molecule has 5 heteroatoms. The van der Waals surface area contributed by atoms with E-state index in [0.717, 1.165) is 28.3 Å². The Balaban J connectivity index is 1.80.